The number of rotatable bonds is 6. The topological polar surface area (TPSA) is 136 Å². The Labute approximate surface area is 173 Å². The maximum absolute atomic E-state index is 12.2. The van der Waals surface area contributed by atoms with Crippen LogP contribution in [0.3, 0.4) is 0 Å². The first-order valence-corrected chi connectivity index (χ1v) is 9.57. The van der Waals surface area contributed by atoms with Crippen LogP contribution in [0.15, 0.2) is 10.5 Å². The number of amides is 1. The Balaban J connectivity index is 2.96. The number of nitrogens with one attached hydrogen (secondary N) is 1. The predicted octanol–water partition coefficient (Wildman–Crippen LogP) is 3.42. The molecule has 11 heteroatoms. The fourth-order valence-electron chi connectivity index (χ4n) is 1.62. The first kappa shape index (κ1) is 24.3. The number of carbonyl (C=O) groups excluding carboxylic acids is 2. The second-order valence-corrected chi connectivity index (χ2v) is 9.37. The van der Waals surface area contributed by atoms with E-state index in [9.17, 15) is 19.5 Å². The highest BCUT2D eigenvalue weighted by molar-refractivity contribution is 7.14. The van der Waals surface area contributed by atoms with E-state index in [-0.39, 0.29) is 10.8 Å². The van der Waals surface area contributed by atoms with Crippen molar-refractivity contribution in [3.05, 3.63) is 11.1 Å². The lowest BCUT2D eigenvalue weighted by molar-refractivity contribution is -0.179. The van der Waals surface area contributed by atoms with Crippen LogP contribution in [0, 0.1) is 0 Å². The quantitative estimate of drug-likeness (QED) is 0.399. The van der Waals surface area contributed by atoms with E-state index < -0.39 is 40.5 Å². The lowest BCUT2D eigenvalue weighted by atomic mass is 10.1. The summed E-state index contributed by atoms with van der Waals surface area (Å²) in [5.74, 6) is -2.12. The molecule has 0 aromatic carbocycles. The number of carboxylic acids is 1. The second kappa shape index (κ2) is 8.76. The molecule has 1 aromatic heterocycles. The number of hydrogen-bond acceptors (Lipinski definition) is 9. The second-order valence-electron chi connectivity index (χ2n) is 8.51. The molecule has 0 saturated carbocycles. The van der Waals surface area contributed by atoms with Gasteiger partial charge < -0.3 is 19.4 Å². The Hall–Kier alpha value is -2.69. The highest BCUT2D eigenvalue weighted by Gasteiger charge is 2.36. The third-order valence-corrected chi connectivity index (χ3v) is 3.57. The number of aromatic nitrogens is 1. The van der Waals surface area contributed by atoms with Gasteiger partial charge in [-0.15, -0.1) is 11.3 Å². The van der Waals surface area contributed by atoms with Gasteiger partial charge in [0.25, 0.3) is 0 Å². The van der Waals surface area contributed by atoms with E-state index in [4.69, 9.17) is 14.3 Å². The minimum absolute atomic E-state index is 0.0476. The van der Waals surface area contributed by atoms with Crippen molar-refractivity contribution in [3.63, 3.8) is 0 Å². The highest BCUT2D eigenvalue weighted by Crippen LogP contribution is 2.21. The van der Waals surface area contributed by atoms with Crippen LogP contribution < -0.4 is 5.32 Å². The molecular weight excluding hydrogens is 402 g/mol. The molecule has 0 atom stereocenters. The van der Waals surface area contributed by atoms with E-state index in [1.807, 2.05) is 0 Å². The minimum atomic E-state index is -1.53. The summed E-state index contributed by atoms with van der Waals surface area (Å²) in [6.07, 6.45) is -0.727. The molecule has 1 amide bonds. The zero-order valence-electron chi connectivity index (χ0n) is 17.8. The summed E-state index contributed by atoms with van der Waals surface area (Å²) in [5.41, 5.74) is -3.54. The van der Waals surface area contributed by atoms with Gasteiger partial charge in [-0.2, -0.15) is 0 Å². The van der Waals surface area contributed by atoms with Crippen molar-refractivity contribution in [2.75, 3.05) is 5.32 Å². The molecule has 29 heavy (non-hydrogen) atoms. The van der Waals surface area contributed by atoms with Gasteiger partial charge in [-0.05, 0) is 55.4 Å². The molecular formula is C18H27N3O7S. The molecule has 162 valence electrons. The van der Waals surface area contributed by atoms with Gasteiger partial charge in [-0.1, -0.05) is 5.16 Å². The first-order valence-electron chi connectivity index (χ1n) is 8.69. The Morgan fingerprint density at radius 2 is 1.59 bits per heavy atom. The van der Waals surface area contributed by atoms with Crippen molar-refractivity contribution in [3.8, 4) is 0 Å². The summed E-state index contributed by atoms with van der Waals surface area (Å²) in [4.78, 5) is 44.7. The molecule has 1 heterocycles. The van der Waals surface area contributed by atoms with Gasteiger partial charge in [0.05, 0.1) is 0 Å². The maximum atomic E-state index is 12.2. The molecule has 0 aliphatic rings. The average Bonchev–Trinajstić information content (AvgIpc) is 2.91. The average molecular weight is 429 g/mol. The lowest BCUT2D eigenvalue weighted by Crippen LogP contribution is -2.40. The molecule has 0 spiro atoms. The highest BCUT2D eigenvalue weighted by atomic mass is 32.1. The van der Waals surface area contributed by atoms with Crippen molar-refractivity contribution in [1.29, 1.82) is 0 Å². The number of hydrogen-bond donors (Lipinski definition) is 2. The van der Waals surface area contributed by atoms with Crippen molar-refractivity contribution in [2.24, 2.45) is 5.16 Å². The van der Waals surface area contributed by atoms with E-state index in [1.54, 1.807) is 41.5 Å². The number of aliphatic carboxylic acids is 1. The number of anilines is 1. The molecule has 1 aromatic rings. The summed E-state index contributed by atoms with van der Waals surface area (Å²) in [7, 11) is 0. The van der Waals surface area contributed by atoms with Crippen molar-refractivity contribution >= 4 is 40.2 Å². The van der Waals surface area contributed by atoms with Gasteiger partial charge in [0.1, 0.15) is 16.9 Å². The zero-order valence-corrected chi connectivity index (χ0v) is 18.6. The van der Waals surface area contributed by atoms with E-state index >= 15 is 0 Å². The molecule has 1 rings (SSSR count). The molecule has 0 aliphatic carbocycles. The first-order chi connectivity index (χ1) is 13.0. The molecule has 10 nitrogen and oxygen atoms in total. The number of thiazole rings is 1. The molecule has 0 radical (unpaired) electrons. The van der Waals surface area contributed by atoms with Crippen molar-refractivity contribution < 1.29 is 33.8 Å². The van der Waals surface area contributed by atoms with Gasteiger partial charge in [0.15, 0.2) is 5.13 Å². The van der Waals surface area contributed by atoms with Crippen LogP contribution in [0.2, 0.25) is 0 Å². The van der Waals surface area contributed by atoms with Gasteiger partial charge in [-0.3, -0.25) is 5.32 Å². The molecule has 0 unspecified atom stereocenters. The minimum Gasteiger partial charge on any atom is -0.476 e. The summed E-state index contributed by atoms with van der Waals surface area (Å²) >= 11 is 0.983. The van der Waals surface area contributed by atoms with Gasteiger partial charge in [0, 0.05) is 5.38 Å². The monoisotopic (exact) mass is 429 g/mol. The summed E-state index contributed by atoms with van der Waals surface area (Å²) < 4.78 is 10.3. The fraction of sp³-hybridized carbons (Fsp3) is 0.611. The van der Waals surface area contributed by atoms with E-state index in [0.29, 0.717) is 0 Å². The van der Waals surface area contributed by atoms with Crippen LogP contribution in [0.1, 0.15) is 61.1 Å². The van der Waals surface area contributed by atoms with Crippen molar-refractivity contribution in [1.82, 2.24) is 4.98 Å². The normalized spacial score (nSPS) is 12.9. The number of nitrogens with zero attached hydrogens (tertiary/aromatic N) is 2. The Kier molecular flexibility index (Phi) is 7.36. The largest absolute Gasteiger partial charge is 0.476 e. The third kappa shape index (κ3) is 8.46. The zero-order chi connectivity index (χ0) is 22.6. The van der Waals surface area contributed by atoms with Crippen LogP contribution >= 0.6 is 11.3 Å². The van der Waals surface area contributed by atoms with E-state index in [1.165, 1.54) is 19.2 Å². The predicted molar refractivity (Wildman–Crippen MR) is 107 cm³/mol. The molecule has 0 saturated heterocycles. The van der Waals surface area contributed by atoms with Crippen LogP contribution in [0.4, 0.5) is 9.93 Å². The molecule has 0 fully saturated rings. The standard InChI is InChI=1S/C18H27N3O7S/c1-16(2,3)26-13(24)18(7,8)28-21-11(12(22)23)10-9-29-14(19-10)20-15(25)27-17(4,5)6/h9H,1-8H3,(H,22,23)(H,19,20,25)/b21-11+. The van der Waals surface area contributed by atoms with Gasteiger partial charge >= 0.3 is 18.0 Å². The molecule has 0 bridgehead atoms. The lowest BCUT2D eigenvalue weighted by Gasteiger charge is -2.26. The number of carbonyl (C=O) groups is 3. The van der Waals surface area contributed by atoms with E-state index in [0.717, 1.165) is 11.3 Å². The number of ether oxygens (including phenoxy) is 2. The van der Waals surface area contributed by atoms with Crippen LogP contribution in [-0.4, -0.2) is 50.6 Å². The maximum Gasteiger partial charge on any atom is 0.413 e. The van der Waals surface area contributed by atoms with Gasteiger partial charge in [0.2, 0.25) is 11.3 Å². The summed E-state index contributed by atoms with van der Waals surface area (Å²) in [6.45, 7) is 13.0. The Morgan fingerprint density at radius 1 is 1.03 bits per heavy atom. The molecule has 0 aliphatic heterocycles. The van der Waals surface area contributed by atoms with Crippen molar-refractivity contribution in [2.45, 2.75) is 72.2 Å². The van der Waals surface area contributed by atoms with Gasteiger partial charge in [-0.25, -0.2) is 19.4 Å². The number of oxime groups is 1. The third-order valence-electron chi connectivity index (χ3n) is 2.81. The summed E-state index contributed by atoms with van der Waals surface area (Å²) in [5, 5.41) is 16.9. The smallest absolute Gasteiger partial charge is 0.413 e. The fourth-order valence-corrected chi connectivity index (χ4v) is 2.31. The Morgan fingerprint density at radius 3 is 2.07 bits per heavy atom. The SMILES string of the molecule is CC(C)(C)OC(=O)Nc1nc(/C(=N\OC(C)(C)C(=O)OC(C)(C)C)C(=O)O)cs1. The summed E-state index contributed by atoms with van der Waals surface area (Å²) in [6, 6.07) is 0. The van der Waals surface area contributed by atoms with Crippen LogP contribution in [0.25, 0.3) is 0 Å². The Bertz CT molecular complexity index is 801. The number of esters is 1. The van der Waals surface area contributed by atoms with Crippen LogP contribution in [-0.2, 0) is 23.9 Å². The van der Waals surface area contributed by atoms with E-state index in [2.05, 4.69) is 15.5 Å². The molecule has 2 N–H and O–H groups in total. The number of carboxylic acid groups (broad SMARTS) is 1. The van der Waals surface area contributed by atoms with Crippen LogP contribution in [0.5, 0.6) is 0 Å².